The highest BCUT2D eigenvalue weighted by atomic mass is 32.2. The molecule has 0 radical (unpaired) electrons. The summed E-state index contributed by atoms with van der Waals surface area (Å²) in [6, 6.07) is 12.8. The first kappa shape index (κ1) is 29.4. The molecule has 0 aliphatic carbocycles. The van der Waals surface area contributed by atoms with Crippen molar-refractivity contribution in [2.45, 2.75) is 30.3 Å². The molecule has 1 atom stereocenters. The number of benzene rings is 3. The highest BCUT2D eigenvalue weighted by Crippen LogP contribution is 2.39. The molecule has 42 heavy (non-hydrogen) atoms. The Morgan fingerprint density at radius 2 is 1.69 bits per heavy atom. The standard InChI is InChI=1S/C28H30BN3O9S/c1-39-23-12-17-16-31(28(34)21(17)15-24(23)40-2)20-9-10-26(25(14-20)41-3)42(37,38)32-11-5-8-22(32)27(33)30-19-7-4-6-18(13-19)29(35)36/h4,6-7,9-10,12-15,22,35-36H,5,8,11,16H2,1-3H3,(H,30,33). The minimum absolute atomic E-state index is 0.0297. The maximum atomic E-state index is 13.8. The van der Waals surface area contributed by atoms with E-state index in [1.165, 1.54) is 56.6 Å². The van der Waals surface area contributed by atoms with Crippen molar-refractivity contribution in [3.63, 3.8) is 0 Å². The molecule has 3 N–H and O–H groups in total. The van der Waals surface area contributed by atoms with Gasteiger partial charge < -0.3 is 34.5 Å². The second kappa shape index (κ2) is 11.6. The summed E-state index contributed by atoms with van der Waals surface area (Å²) in [4.78, 5) is 27.8. The quantitative estimate of drug-likeness (QED) is 0.311. The summed E-state index contributed by atoms with van der Waals surface area (Å²) in [5.41, 5.74) is 2.12. The second-order valence-electron chi connectivity index (χ2n) is 9.85. The molecule has 5 rings (SSSR count). The molecule has 3 aromatic carbocycles. The van der Waals surface area contributed by atoms with Crippen LogP contribution in [0, 0.1) is 0 Å². The van der Waals surface area contributed by atoms with Crippen molar-refractivity contribution in [2.75, 3.05) is 38.1 Å². The Morgan fingerprint density at radius 1 is 0.976 bits per heavy atom. The van der Waals surface area contributed by atoms with Gasteiger partial charge in [-0.2, -0.15) is 4.31 Å². The first-order valence-corrected chi connectivity index (χ1v) is 14.6. The van der Waals surface area contributed by atoms with Crippen LogP contribution >= 0.6 is 0 Å². The average Bonchev–Trinajstić information content (AvgIpc) is 3.62. The number of rotatable bonds is 9. The molecule has 0 spiro atoms. The molecule has 2 heterocycles. The van der Waals surface area contributed by atoms with E-state index in [1.807, 2.05) is 0 Å². The Hall–Kier alpha value is -4.11. The van der Waals surface area contributed by atoms with Gasteiger partial charge in [-0.3, -0.25) is 9.59 Å². The van der Waals surface area contributed by atoms with E-state index in [4.69, 9.17) is 14.2 Å². The molecular weight excluding hydrogens is 565 g/mol. The summed E-state index contributed by atoms with van der Waals surface area (Å²) in [6.45, 7) is 0.372. The van der Waals surface area contributed by atoms with Crippen molar-refractivity contribution >= 4 is 45.8 Å². The summed E-state index contributed by atoms with van der Waals surface area (Å²) in [6.07, 6.45) is 0.780. The molecule has 1 fully saturated rings. The third kappa shape index (κ3) is 5.29. The predicted molar refractivity (Wildman–Crippen MR) is 155 cm³/mol. The zero-order chi connectivity index (χ0) is 30.2. The number of fused-ring (bicyclic) bond motifs is 1. The van der Waals surface area contributed by atoms with Crippen LogP contribution in [0.15, 0.2) is 59.5 Å². The molecule has 0 aromatic heterocycles. The Balaban J connectivity index is 1.40. The summed E-state index contributed by atoms with van der Waals surface area (Å²) in [5, 5.41) is 21.5. The maximum absolute atomic E-state index is 13.8. The van der Waals surface area contributed by atoms with Crippen LogP contribution in [0.25, 0.3) is 0 Å². The lowest BCUT2D eigenvalue weighted by molar-refractivity contribution is -0.119. The SMILES string of the molecule is COc1cc2c(cc1OC)C(=O)N(c1ccc(S(=O)(=O)N3CCCC3C(=O)Nc3cccc(B(O)O)c3)c(OC)c1)C2. The number of hydrogen-bond acceptors (Lipinski definition) is 9. The fraction of sp³-hybridized carbons (Fsp3) is 0.286. The van der Waals surface area contributed by atoms with Crippen molar-refractivity contribution in [1.29, 1.82) is 0 Å². The Kier molecular flexibility index (Phi) is 8.15. The molecule has 14 heteroatoms. The number of methoxy groups -OCH3 is 3. The van der Waals surface area contributed by atoms with Gasteiger partial charge in [0, 0.05) is 29.5 Å². The number of nitrogens with zero attached hydrogens (tertiary/aromatic N) is 2. The number of hydrogen-bond donors (Lipinski definition) is 3. The van der Waals surface area contributed by atoms with E-state index in [0.717, 1.165) is 9.87 Å². The smallest absolute Gasteiger partial charge is 0.488 e. The first-order chi connectivity index (χ1) is 20.1. The van der Waals surface area contributed by atoms with Crippen molar-refractivity contribution in [2.24, 2.45) is 0 Å². The summed E-state index contributed by atoms with van der Waals surface area (Å²) < 4.78 is 45.0. The summed E-state index contributed by atoms with van der Waals surface area (Å²) in [5.74, 6) is 0.128. The van der Waals surface area contributed by atoms with Gasteiger partial charge >= 0.3 is 7.12 Å². The zero-order valence-electron chi connectivity index (χ0n) is 23.2. The van der Waals surface area contributed by atoms with Gasteiger partial charge in [0.2, 0.25) is 15.9 Å². The molecule has 1 saturated heterocycles. The van der Waals surface area contributed by atoms with Crippen LogP contribution in [0.2, 0.25) is 0 Å². The number of carbonyl (C=O) groups excluding carboxylic acids is 2. The summed E-state index contributed by atoms with van der Waals surface area (Å²) in [7, 11) is -1.56. The van der Waals surface area contributed by atoms with Crippen LogP contribution in [0.5, 0.6) is 17.2 Å². The van der Waals surface area contributed by atoms with E-state index in [0.29, 0.717) is 41.3 Å². The monoisotopic (exact) mass is 595 g/mol. The van der Waals surface area contributed by atoms with Crippen LogP contribution < -0.4 is 29.9 Å². The van der Waals surface area contributed by atoms with Crippen molar-refractivity contribution in [1.82, 2.24) is 4.31 Å². The molecule has 2 aliphatic heterocycles. The Bertz CT molecular complexity index is 1650. The largest absolute Gasteiger partial charge is 0.495 e. The van der Waals surface area contributed by atoms with Gasteiger partial charge in [0.1, 0.15) is 16.7 Å². The highest BCUT2D eigenvalue weighted by Gasteiger charge is 2.41. The molecule has 3 aromatic rings. The molecule has 1 unspecified atom stereocenters. The molecule has 0 saturated carbocycles. The number of sulfonamides is 1. The Morgan fingerprint density at radius 3 is 2.38 bits per heavy atom. The van der Waals surface area contributed by atoms with Crippen molar-refractivity contribution in [3.05, 3.63) is 65.7 Å². The molecule has 12 nitrogen and oxygen atoms in total. The van der Waals surface area contributed by atoms with Gasteiger partial charge in [-0.05, 0) is 60.3 Å². The van der Waals surface area contributed by atoms with Crippen LogP contribution in [0.1, 0.15) is 28.8 Å². The number of amides is 2. The fourth-order valence-corrected chi connectivity index (χ4v) is 7.10. The van der Waals surface area contributed by atoms with Gasteiger partial charge in [0.05, 0.1) is 27.9 Å². The third-order valence-electron chi connectivity index (χ3n) is 7.42. The van der Waals surface area contributed by atoms with Gasteiger partial charge in [0.15, 0.2) is 11.5 Å². The van der Waals surface area contributed by atoms with E-state index in [9.17, 15) is 28.1 Å². The lowest BCUT2D eigenvalue weighted by Gasteiger charge is -2.25. The minimum Gasteiger partial charge on any atom is -0.495 e. The topological polar surface area (TPSA) is 155 Å². The molecule has 2 amide bonds. The van der Waals surface area contributed by atoms with E-state index in [2.05, 4.69) is 5.32 Å². The third-order valence-corrected chi connectivity index (χ3v) is 9.37. The maximum Gasteiger partial charge on any atom is 0.488 e. The van der Waals surface area contributed by atoms with Crippen LogP contribution in [0.4, 0.5) is 11.4 Å². The second-order valence-corrected chi connectivity index (χ2v) is 11.7. The van der Waals surface area contributed by atoms with Crippen molar-refractivity contribution in [3.8, 4) is 17.2 Å². The molecule has 2 aliphatic rings. The highest BCUT2D eigenvalue weighted by molar-refractivity contribution is 7.89. The summed E-state index contributed by atoms with van der Waals surface area (Å²) >= 11 is 0. The molecule has 0 bridgehead atoms. The van der Waals surface area contributed by atoms with E-state index >= 15 is 0 Å². The van der Waals surface area contributed by atoms with E-state index < -0.39 is 29.1 Å². The van der Waals surface area contributed by atoms with E-state index in [-0.39, 0.29) is 35.1 Å². The zero-order valence-corrected chi connectivity index (χ0v) is 24.1. The average molecular weight is 595 g/mol. The fourth-order valence-electron chi connectivity index (χ4n) is 5.30. The number of anilines is 2. The van der Waals surface area contributed by atoms with Crippen LogP contribution in [-0.2, 0) is 21.4 Å². The van der Waals surface area contributed by atoms with Crippen molar-refractivity contribution < 1.29 is 42.3 Å². The minimum atomic E-state index is -4.18. The first-order valence-electron chi connectivity index (χ1n) is 13.1. The van der Waals surface area contributed by atoms with Crippen LogP contribution in [0.3, 0.4) is 0 Å². The predicted octanol–water partition coefficient (Wildman–Crippen LogP) is 1.34. The van der Waals surface area contributed by atoms with Gasteiger partial charge in [0.25, 0.3) is 5.91 Å². The lowest BCUT2D eigenvalue weighted by atomic mass is 9.80. The number of carbonyl (C=O) groups is 2. The normalized spacial score (nSPS) is 16.7. The number of ether oxygens (including phenoxy) is 3. The molecular formula is C28H30BN3O9S. The van der Waals surface area contributed by atoms with E-state index in [1.54, 1.807) is 24.3 Å². The molecule has 220 valence electrons. The number of nitrogens with one attached hydrogen (secondary N) is 1. The van der Waals surface area contributed by atoms with Crippen LogP contribution in [-0.4, -0.2) is 75.6 Å². The van der Waals surface area contributed by atoms with Gasteiger partial charge in [-0.25, -0.2) is 8.42 Å². The van der Waals surface area contributed by atoms with Gasteiger partial charge in [-0.15, -0.1) is 0 Å². The van der Waals surface area contributed by atoms with Gasteiger partial charge in [-0.1, -0.05) is 12.1 Å². The lowest BCUT2D eigenvalue weighted by Crippen LogP contribution is -2.43. The Labute approximate surface area is 243 Å².